The molecule has 0 heterocycles. The van der Waals surface area contributed by atoms with Gasteiger partial charge in [0.05, 0.1) is 17.6 Å². The van der Waals surface area contributed by atoms with Crippen molar-refractivity contribution in [3.63, 3.8) is 0 Å². The Hall–Kier alpha value is -1.22. The average molecular weight is 307 g/mol. The van der Waals surface area contributed by atoms with Crippen molar-refractivity contribution in [1.29, 1.82) is 5.26 Å². The van der Waals surface area contributed by atoms with Crippen molar-refractivity contribution in [2.75, 3.05) is 11.9 Å². The summed E-state index contributed by atoms with van der Waals surface area (Å²) in [6.45, 7) is 2.00. The summed E-state index contributed by atoms with van der Waals surface area (Å²) < 4.78 is 37.9. The fourth-order valence-electron chi connectivity index (χ4n) is 1.17. The van der Waals surface area contributed by atoms with Crippen molar-refractivity contribution >= 4 is 21.6 Å². The van der Waals surface area contributed by atoms with E-state index in [1.165, 1.54) is 0 Å². The van der Waals surface area contributed by atoms with Crippen LogP contribution < -0.4 is 5.32 Å². The van der Waals surface area contributed by atoms with Gasteiger partial charge in [0.15, 0.2) is 0 Å². The van der Waals surface area contributed by atoms with Crippen LogP contribution in [-0.4, -0.2) is 6.54 Å². The Kier molecular flexibility index (Phi) is 4.40. The van der Waals surface area contributed by atoms with Gasteiger partial charge in [0, 0.05) is 16.7 Å². The predicted molar refractivity (Wildman–Crippen MR) is 62.4 cm³/mol. The molecule has 0 aromatic heterocycles. The third kappa shape index (κ3) is 4.27. The molecule has 1 N–H and O–H groups in total. The van der Waals surface area contributed by atoms with Crippen LogP contribution in [0.3, 0.4) is 0 Å². The zero-order valence-electron chi connectivity index (χ0n) is 8.98. The molecule has 0 amide bonds. The lowest BCUT2D eigenvalue weighted by Gasteiger charge is -2.12. The molecular weight excluding hydrogens is 297 g/mol. The van der Waals surface area contributed by atoms with Crippen LogP contribution in [0, 0.1) is 17.2 Å². The van der Waals surface area contributed by atoms with Gasteiger partial charge in [-0.25, -0.2) is 0 Å². The van der Waals surface area contributed by atoms with E-state index < -0.39 is 11.7 Å². The monoisotopic (exact) mass is 306 g/mol. The van der Waals surface area contributed by atoms with Crippen molar-refractivity contribution < 1.29 is 13.2 Å². The van der Waals surface area contributed by atoms with E-state index in [4.69, 9.17) is 5.26 Å². The second-order valence-electron chi connectivity index (χ2n) is 3.64. The largest absolute Gasteiger partial charge is 0.416 e. The van der Waals surface area contributed by atoms with Crippen LogP contribution in [0.2, 0.25) is 0 Å². The van der Waals surface area contributed by atoms with Crippen molar-refractivity contribution in [1.82, 2.24) is 0 Å². The van der Waals surface area contributed by atoms with E-state index in [0.29, 0.717) is 16.7 Å². The molecule has 2 nitrogen and oxygen atoms in total. The smallest absolute Gasteiger partial charge is 0.384 e. The first kappa shape index (κ1) is 13.8. The molecule has 0 aliphatic heterocycles. The Morgan fingerprint density at radius 2 is 2.06 bits per heavy atom. The molecule has 0 radical (unpaired) electrons. The second kappa shape index (κ2) is 5.41. The highest BCUT2D eigenvalue weighted by Crippen LogP contribution is 2.33. The third-order valence-electron chi connectivity index (χ3n) is 2.06. The van der Waals surface area contributed by atoms with Gasteiger partial charge in [0.2, 0.25) is 0 Å². The molecule has 0 bridgehead atoms. The number of nitrogens with one attached hydrogen (secondary N) is 1. The molecule has 17 heavy (non-hydrogen) atoms. The summed E-state index contributed by atoms with van der Waals surface area (Å²) in [5, 5.41) is 11.4. The minimum absolute atomic E-state index is 0.261. The summed E-state index contributed by atoms with van der Waals surface area (Å²) >= 11 is 3.02. The molecule has 6 heteroatoms. The molecule has 0 aliphatic rings. The summed E-state index contributed by atoms with van der Waals surface area (Å²) in [5.41, 5.74) is -0.382. The maximum absolute atomic E-state index is 12.5. The highest BCUT2D eigenvalue weighted by Gasteiger charge is 2.31. The highest BCUT2D eigenvalue weighted by atomic mass is 79.9. The van der Waals surface area contributed by atoms with Crippen molar-refractivity contribution in [3.05, 3.63) is 28.2 Å². The van der Waals surface area contributed by atoms with Crippen LogP contribution in [0.4, 0.5) is 18.9 Å². The summed E-state index contributed by atoms with van der Waals surface area (Å²) in [6.07, 6.45) is -4.37. The van der Waals surface area contributed by atoms with Crippen LogP contribution >= 0.6 is 15.9 Å². The number of anilines is 1. The van der Waals surface area contributed by atoms with Gasteiger partial charge >= 0.3 is 6.18 Å². The minimum Gasteiger partial charge on any atom is -0.384 e. The quantitative estimate of drug-likeness (QED) is 0.915. The van der Waals surface area contributed by atoms with Gasteiger partial charge in [-0.15, -0.1) is 0 Å². The minimum atomic E-state index is -4.37. The Labute approximate surface area is 106 Å². The maximum atomic E-state index is 12.5. The van der Waals surface area contributed by atoms with E-state index >= 15 is 0 Å². The van der Waals surface area contributed by atoms with Crippen molar-refractivity contribution in [2.45, 2.75) is 13.1 Å². The van der Waals surface area contributed by atoms with Gasteiger partial charge in [0.1, 0.15) is 0 Å². The lowest BCUT2D eigenvalue weighted by atomic mass is 10.1. The van der Waals surface area contributed by atoms with Gasteiger partial charge in [-0.2, -0.15) is 18.4 Å². The van der Waals surface area contributed by atoms with E-state index in [1.807, 2.05) is 6.07 Å². The van der Waals surface area contributed by atoms with Gasteiger partial charge in [-0.1, -0.05) is 15.9 Å². The van der Waals surface area contributed by atoms with E-state index in [1.54, 1.807) is 13.0 Å². The predicted octanol–water partition coefficient (Wildman–Crippen LogP) is 4.04. The van der Waals surface area contributed by atoms with Crippen LogP contribution in [0.25, 0.3) is 0 Å². The zero-order chi connectivity index (χ0) is 13.1. The topological polar surface area (TPSA) is 35.8 Å². The van der Waals surface area contributed by atoms with E-state index in [0.717, 1.165) is 12.1 Å². The number of alkyl halides is 3. The molecular formula is C11H10BrF3N2. The molecule has 1 atom stereocenters. The van der Waals surface area contributed by atoms with Gasteiger partial charge in [-0.3, -0.25) is 0 Å². The first-order chi connectivity index (χ1) is 7.82. The van der Waals surface area contributed by atoms with Crippen LogP contribution in [-0.2, 0) is 6.18 Å². The molecule has 92 valence electrons. The molecule has 0 aliphatic carbocycles. The van der Waals surface area contributed by atoms with Crippen molar-refractivity contribution in [2.24, 2.45) is 5.92 Å². The van der Waals surface area contributed by atoms with Gasteiger partial charge in [-0.05, 0) is 25.1 Å². The Bertz CT molecular complexity index is 437. The van der Waals surface area contributed by atoms with Crippen LogP contribution in [0.5, 0.6) is 0 Å². The molecule has 1 rings (SSSR count). The second-order valence-corrected chi connectivity index (χ2v) is 4.55. The third-order valence-corrected chi connectivity index (χ3v) is 2.52. The molecule has 0 spiro atoms. The number of halogens is 4. The molecule has 0 saturated carbocycles. The summed E-state index contributed by atoms with van der Waals surface area (Å²) in [7, 11) is 0. The number of nitriles is 1. The SMILES string of the molecule is CC(C#N)CNc1cc(Br)cc(C(F)(F)F)c1. The first-order valence-corrected chi connectivity index (χ1v) is 5.63. The Morgan fingerprint density at radius 1 is 1.41 bits per heavy atom. The number of hydrogen-bond acceptors (Lipinski definition) is 2. The van der Waals surface area contributed by atoms with Crippen molar-refractivity contribution in [3.8, 4) is 6.07 Å². The Morgan fingerprint density at radius 3 is 2.59 bits per heavy atom. The zero-order valence-corrected chi connectivity index (χ0v) is 10.6. The number of hydrogen-bond donors (Lipinski definition) is 1. The Balaban J connectivity index is 2.88. The summed E-state index contributed by atoms with van der Waals surface area (Å²) in [5.74, 6) is -0.261. The lowest BCUT2D eigenvalue weighted by Crippen LogP contribution is -2.11. The highest BCUT2D eigenvalue weighted by molar-refractivity contribution is 9.10. The number of rotatable bonds is 3. The molecule has 1 aromatic rings. The lowest BCUT2D eigenvalue weighted by molar-refractivity contribution is -0.137. The first-order valence-electron chi connectivity index (χ1n) is 4.84. The average Bonchev–Trinajstić information content (AvgIpc) is 2.24. The maximum Gasteiger partial charge on any atom is 0.416 e. The van der Waals surface area contributed by atoms with E-state index in [-0.39, 0.29) is 5.92 Å². The van der Waals surface area contributed by atoms with Gasteiger partial charge in [0.25, 0.3) is 0 Å². The summed E-state index contributed by atoms with van der Waals surface area (Å²) in [6, 6.07) is 5.57. The van der Waals surface area contributed by atoms with Crippen LogP contribution in [0.1, 0.15) is 12.5 Å². The normalized spacial score (nSPS) is 12.9. The van der Waals surface area contributed by atoms with E-state index in [2.05, 4.69) is 21.2 Å². The van der Waals surface area contributed by atoms with Gasteiger partial charge < -0.3 is 5.32 Å². The summed E-state index contributed by atoms with van der Waals surface area (Å²) in [4.78, 5) is 0. The molecule has 0 fully saturated rings. The fourth-order valence-corrected chi connectivity index (χ4v) is 1.67. The molecule has 1 aromatic carbocycles. The number of benzene rings is 1. The standard InChI is InChI=1S/C11H10BrF3N2/c1-7(5-16)6-17-10-3-8(11(13,14)15)2-9(12)4-10/h2-4,7,17H,6H2,1H3. The molecule has 0 saturated heterocycles. The fraction of sp³-hybridized carbons (Fsp3) is 0.364. The van der Waals surface area contributed by atoms with Crippen LogP contribution in [0.15, 0.2) is 22.7 Å². The molecule has 1 unspecified atom stereocenters. The van der Waals surface area contributed by atoms with E-state index in [9.17, 15) is 13.2 Å². The number of nitrogens with zero attached hydrogens (tertiary/aromatic N) is 1.